The average molecular weight is 381 g/mol. The largest absolute Gasteiger partial charge is 0.416 e. The highest BCUT2D eigenvalue weighted by Crippen LogP contribution is 2.21. The Kier molecular flexibility index (Phi) is 5.43. The molecule has 1 aliphatic heterocycles. The van der Waals surface area contributed by atoms with Gasteiger partial charge in [-0.25, -0.2) is 8.42 Å². The molecule has 3 rings (SSSR count). The molecule has 7 nitrogen and oxygen atoms in total. The maximum atomic E-state index is 12.2. The minimum absolute atomic E-state index is 0.0433. The van der Waals surface area contributed by atoms with E-state index in [-0.39, 0.29) is 29.2 Å². The van der Waals surface area contributed by atoms with Crippen LogP contribution in [0.5, 0.6) is 0 Å². The summed E-state index contributed by atoms with van der Waals surface area (Å²) in [5.74, 6) is 0.683. The Balaban J connectivity index is 1.51. The van der Waals surface area contributed by atoms with Gasteiger partial charge < -0.3 is 9.32 Å². The first-order valence-corrected chi connectivity index (χ1v) is 10.7. The van der Waals surface area contributed by atoms with Gasteiger partial charge in [-0.1, -0.05) is 42.1 Å². The van der Waals surface area contributed by atoms with E-state index in [0.29, 0.717) is 24.0 Å². The van der Waals surface area contributed by atoms with Crippen LogP contribution in [0.2, 0.25) is 0 Å². The molecule has 0 saturated carbocycles. The van der Waals surface area contributed by atoms with E-state index in [9.17, 15) is 13.2 Å². The van der Waals surface area contributed by atoms with Gasteiger partial charge in [0.05, 0.1) is 23.7 Å². The molecule has 1 aromatic carbocycles. The van der Waals surface area contributed by atoms with E-state index in [2.05, 4.69) is 10.2 Å². The van der Waals surface area contributed by atoms with E-state index in [1.807, 2.05) is 30.3 Å². The number of hydrogen-bond donors (Lipinski definition) is 0. The molecule has 2 aromatic rings. The Hall–Kier alpha value is -1.87. The van der Waals surface area contributed by atoms with E-state index < -0.39 is 9.84 Å². The van der Waals surface area contributed by atoms with Crippen LogP contribution in [0.15, 0.2) is 40.0 Å². The fraction of sp³-hybridized carbons (Fsp3) is 0.438. The Morgan fingerprint density at radius 3 is 2.76 bits per heavy atom. The molecule has 1 amide bonds. The second-order valence-corrected chi connectivity index (χ2v) is 9.13. The summed E-state index contributed by atoms with van der Waals surface area (Å²) in [5, 5.41) is 8.27. The highest BCUT2D eigenvalue weighted by molar-refractivity contribution is 7.99. The van der Waals surface area contributed by atoms with Crippen molar-refractivity contribution in [1.82, 2.24) is 15.1 Å². The van der Waals surface area contributed by atoms with Crippen LogP contribution in [0.1, 0.15) is 17.9 Å². The monoisotopic (exact) mass is 381 g/mol. The van der Waals surface area contributed by atoms with Crippen molar-refractivity contribution in [2.75, 3.05) is 24.3 Å². The third-order valence-corrected chi connectivity index (χ3v) is 6.67. The van der Waals surface area contributed by atoms with Crippen LogP contribution >= 0.6 is 11.8 Å². The lowest BCUT2D eigenvalue weighted by Gasteiger charge is -2.22. The van der Waals surface area contributed by atoms with Crippen molar-refractivity contribution in [2.24, 2.45) is 0 Å². The highest BCUT2D eigenvalue weighted by atomic mass is 32.2. The molecule has 1 fully saturated rings. The number of benzene rings is 1. The lowest BCUT2D eigenvalue weighted by molar-refractivity contribution is -0.128. The van der Waals surface area contributed by atoms with Gasteiger partial charge in [0.25, 0.3) is 5.22 Å². The molecule has 2 heterocycles. The van der Waals surface area contributed by atoms with E-state index in [0.717, 1.165) is 5.56 Å². The van der Waals surface area contributed by atoms with E-state index >= 15 is 0 Å². The lowest BCUT2D eigenvalue weighted by Crippen LogP contribution is -2.38. The van der Waals surface area contributed by atoms with Crippen molar-refractivity contribution in [3.8, 4) is 0 Å². The van der Waals surface area contributed by atoms with Gasteiger partial charge in [0.1, 0.15) is 0 Å². The lowest BCUT2D eigenvalue weighted by atomic mass is 10.2. The second kappa shape index (κ2) is 7.57. The fourth-order valence-corrected chi connectivity index (χ4v) is 5.13. The van der Waals surface area contributed by atoms with Crippen LogP contribution in [0.3, 0.4) is 0 Å². The molecule has 0 unspecified atom stereocenters. The molecular weight excluding hydrogens is 362 g/mol. The van der Waals surface area contributed by atoms with E-state index in [1.165, 1.54) is 16.7 Å². The zero-order chi connectivity index (χ0) is 17.9. The highest BCUT2D eigenvalue weighted by Gasteiger charge is 2.32. The van der Waals surface area contributed by atoms with Gasteiger partial charge in [0, 0.05) is 13.1 Å². The van der Waals surface area contributed by atoms with E-state index in [4.69, 9.17) is 4.42 Å². The van der Waals surface area contributed by atoms with Crippen molar-refractivity contribution in [2.45, 2.75) is 24.1 Å². The Bertz CT molecular complexity index is 836. The summed E-state index contributed by atoms with van der Waals surface area (Å²) >= 11 is 1.17. The minimum atomic E-state index is -3.01. The fourth-order valence-electron chi connectivity index (χ4n) is 2.65. The van der Waals surface area contributed by atoms with Gasteiger partial charge in [-0.15, -0.1) is 10.2 Å². The van der Waals surface area contributed by atoms with Crippen LogP contribution in [0.4, 0.5) is 0 Å². The molecule has 0 N–H and O–H groups in total. The quantitative estimate of drug-likeness (QED) is 0.698. The maximum Gasteiger partial charge on any atom is 0.277 e. The summed E-state index contributed by atoms with van der Waals surface area (Å²) in [4.78, 5) is 13.7. The molecule has 9 heteroatoms. The second-order valence-electron chi connectivity index (χ2n) is 5.97. The molecule has 0 spiro atoms. The van der Waals surface area contributed by atoms with Gasteiger partial charge in [0.2, 0.25) is 11.8 Å². The number of sulfone groups is 1. The first-order chi connectivity index (χ1) is 11.9. The van der Waals surface area contributed by atoms with Gasteiger partial charge in [-0.2, -0.15) is 0 Å². The van der Waals surface area contributed by atoms with Crippen LogP contribution in [-0.2, 0) is 21.1 Å². The zero-order valence-electron chi connectivity index (χ0n) is 13.8. The number of aromatic nitrogens is 2. The average Bonchev–Trinajstić information content (AvgIpc) is 3.19. The first-order valence-electron chi connectivity index (χ1n) is 7.88. The minimum Gasteiger partial charge on any atom is -0.416 e. The molecular formula is C16H19N3O4S2. The van der Waals surface area contributed by atoms with Gasteiger partial charge >= 0.3 is 0 Å². The summed E-state index contributed by atoms with van der Waals surface area (Å²) in [5.41, 5.74) is 1.07. The third kappa shape index (κ3) is 4.82. The number of nitrogens with zero attached hydrogens (tertiary/aromatic N) is 3. The number of thioether (sulfide) groups is 1. The molecule has 0 radical (unpaired) electrons. The molecule has 0 aliphatic carbocycles. The van der Waals surface area contributed by atoms with Crippen molar-refractivity contribution < 1.29 is 17.6 Å². The number of amides is 1. The van der Waals surface area contributed by atoms with E-state index in [1.54, 1.807) is 7.05 Å². The van der Waals surface area contributed by atoms with Crippen LogP contribution in [0.25, 0.3) is 0 Å². The Morgan fingerprint density at radius 2 is 2.08 bits per heavy atom. The van der Waals surface area contributed by atoms with Gasteiger partial charge in [-0.3, -0.25) is 4.79 Å². The predicted octanol–water partition coefficient (Wildman–Crippen LogP) is 1.40. The molecule has 0 bridgehead atoms. The summed E-state index contributed by atoms with van der Waals surface area (Å²) < 4.78 is 28.6. The summed E-state index contributed by atoms with van der Waals surface area (Å²) in [7, 11) is -1.37. The van der Waals surface area contributed by atoms with Gasteiger partial charge in [0.15, 0.2) is 9.84 Å². The van der Waals surface area contributed by atoms with Crippen molar-refractivity contribution in [1.29, 1.82) is 0 Å². The predicted molar refractivity (Wildman–Crippen MR) is 94.1 cm³/mol. The molecule has 1 saturated heterocycles. The third-order valence-electron chi connectivity index (χ3n) is 4.12. The number of hydrogen-bond acceptors (Lipinski definition) is 7. The summed E-state index contributed by atoms with van der Waals surface area (Å²) in [6.07, 6.45) is 1.04. The molecule has 25 heavy (non-hydrogen) atoms. The van der Waals surface area contributed by atoms with Crippen molar-refractivity contribution >= 4 is 27.5 Å². The molecule has 1 aliphatic rings. The smallest absolute Gasteiger partial charge is 0.277 e. The number of carbonyl (C=O) groups is 1. The normalized spacial score (nSPS) is 19.0. The summed E-state index contributed by atoms with van der Waals surface area (Å²) in [6.45, 7) is 0. The Labute approximate surface area is 150 Å². The number of rotatable bonds is 6. The van der Waals surface area contributed by atoms with Crippen LogP contribution in [-0.4, -0.2) is 59.8 Å². The van der Waals surface area contributed by atoms with Crippen molar-refractivity contribution in [3.05, 3.63) is 41.8 Å². The van der Waals surface area contributed by atoms with Gasteiger partial charge in [-0.05, 0) is 12.0 Å². The topological polar surface area (TPSA) is 93.4 Å². The van der Waals surface area contributed by atoms with Crippen LogP contribution in [0, 0.1) is 0 Å². The summed E-state index contributed by atoms with van der Waals surface area (Å²) in [6, 6.07) is 9.54. The molecule has 1 aromatic heterocycles. The SMILES string of the molecule is CN(C(=O)CSc1nnc(Cc2ccccc2)o1)[C@H]1CCS(=O)(=O)C1. The Morgan fingerprint density at radius 1 is 1.32 bits per heavy atom. The van der Waals surface area contributed by atoms with Crippen molar-refractivity contribution in [3.63, 3.8) is 0 Å². The first kappa shape index (κ1) is 17.9. The zero-order valence-corrected chi connectivity index (χ0v) is 15.4. The standard InChI is InChI=1S/C16H19N3O4S2/c1-19(13-7-8-25(21,22)11-13)15(20)10-24-16-18-17-14(23-16)9-12-5-3-2-4-6-12/h2-6,13H,7-11H2,1H3/t13-/m0/s1. The number of carbonyl (C=O) groups excluding carboxylic acids is 1. The molecule has 1 atom stereocenters. The van der Waals surface area contributed by atoms with Crippen LogP contribution < -0.4 is 0 Å². The maximum absolute atomic E-state index is 12.2. The molecule has 134 valence electrons.